The third kappa shape index (κ3) is 2.05. The molecule has 0 aliphatic rings. The molecule has 0 spiro atoms. The average Bonchev–Trinajstić information content (AvgIpc) is 3.73. The molecule has 0 bridgehead atoms. The van der Waals surface area contributed by atoms with Gasteiger partial charge in [-0.3, -0.25) is 18.4 Å². The molecule has 12 rings (SSSR count). The number of para-hydroxylation sites is 4. The van der Waals surface area contributed by atoms with Crippen molar-refractivity contribution < 1.29 is 4.42 Å². The fourth-order valence-corrected chi connectivity index (χ4v) is 8.08. The molecule has 0 saturated heterocycles. The molecule has 7 heteroatoms. The van der Waals surface area contributed by atoms with Gasteiger partial charge in [-0.15, -0.1) is 0 Å². The van der Waals surface area contributed by atoms with Gasteiger partial charge in [0, 0.05) is 43.1 Å². The van der Waals surface area contributed by atoms with Gasteiger partial charge >= 0.3 is 0 Å². The summed E-state index contributed by atoms with van der Waals surface area (Å²) in [6, 6.07) is 27.7. The van der Waals surface area contributed by atoms with E-state index in [4.69, 9.17) is 14.4 Å². The van der Waals surface area contributed by atoms with Crippen molar-refractivity contribution in [3.63, 3.8) is 0 Å². The van der Waals surface area contributed by atoms with Crippen molar-refractivity contribution in [3.05, 3.63) is 106 Å². The van der Waals surface area contributed by atoms with Crippen LogP contribution in [-0.2, 0) is 0 Å². The summed E-state index contributed by atoms with van der Waals surface area (Å²) >= 11 is 0. The zero-order valence-corrected chi connectivity index (χ0v) is 22.1. The Morgan fingerprint density at radius 2 is 0.907 bits per heavy atom. The second-order valence-electron chi connectivity index (χ2n) is 11.6. The quantitative estimate of drug-likeness (QED) is 0.145. The van der Waals surface area contributed by atoms with Crippen LogP contribution in [0.5, 0.6) is 0 Å². The molecule has 0 aliphatic heterocycles. The Bertz CT molecular complexity index is 3110. The van der Waals surface area contributed by atoms with Crippen LogP contribution in [-0.4, -0.2) is 18.8 Å². The smallest absolute Gasteiger partial charge is 0.264 e. The molecule has 0 unspecified atom stereocenters. The minimum absolute atomic E-state index is 0.118. The molecule has 7 aromatic carbocycles. The van der Waals surface area contributed by atoms with E-state index in [-0.39, 0.29) is 11.1 Å². The van der Waals surface area contributed by atoms with E-state index in [0.717, 1.165) is 75.9 Å². The second kappa shape index (κ2) is 6.37. The molecule has 0 saturated carbocycles. The van der Waals surface area contributed by atoms with Crippen LogP contribution < -0.4 is 11.1 Å². The van der Waals surface area contributed by atoms with Gasteiger partial charge in [-0.05, 0) is 59.3 Å². The van der Waals surface area contributed by atoms with E-state index in [1.54, 1.807) is 8.80 Å². The number of pyridine rings is 2. The van der Waals surface area contributed by atoms with Crippen LogP contribution in [0.15, 0.2) is 98.9 Å². The first kappa shape index (κ1) is 20.7. The summed E-state index contributed by atoms with van der Waals surface area (Å²) in [6.45, 7) is 0. The maximum Gasteiger partial charge on any atom is 0.264 e. The lowest BCUT2D eigenvalue weighted by Gasteiger charge is -2.16. The fraction of sp³-hybridized carbons (Fsp3) is 0. The lowest BCUT2D eigenvalue weighted by atomic mass is 9.86. The van der Waals surface area contributed by atoms with Crippen LogP contribution in [0.1, 0.15) is 0 Å². The molecule has 43 heavy (non-hydrogen) atoms. The van der Waals surface area contributed by atoms with E-state index in [0.29, 0.717) is 33.2 Å². The van der Waals surface area contributed by atoms with Crippen LogP contribution in [0.2, 0.25) is 0 Å². The Labute approximate surface area is 237 Å². The van der Waals surface area contributed by atoms with Crippen molar-refractivity contribution in [1.82, 2.24) is 18.8 Å². The van der Waals surface area contributed by atoms with E-state index < -0.39 is 0 Å². The number of hydrogen-bond acceptors (Lipinski definition) is 5. The summed E-state index contributed by atoms with van der Waals surface area (Å²) < 4.78 is 10.0. The maximum atomic E-state index is 14.2. The first-order valence-corrected chi connectivity index (χ1v) is 14.2. The number of nitrogens with zero attached hydrogens (tertiary/aromatic N) is 4. The SMILES string of the molecule is O=c1c2cc3oc4cc5c(=O)n6c7ccccc7nc6c6ccc7c8ccc(c2c8c3c4c7c56)c2nc3ccccc3n12. The van der Waals surface area contributed by atoms with Crippen molar-refractivity contribution in [2.24, 2.45) is 0 Å². The lowest BCUT2D eigenvalue weighted by molar-refractivity contribution is 0.670. The number of hydrogen-bond donors (Lipinski definition) is 0. The minimum Gasteiger partial charge on any atom is -0.456 e. The Morgan fingerprint density at radius 3 is 1.40 bits per heavy atom. The Balaban J connectivity index is 1.40. The third-order valence-corrected chi connectivity index (χ3v) is 9.72. The molecular formula is C36H14N4O3. The van der Waals surface area contributed by atoms with Gasteiger partial charge in [0.1, 0.15) is 22.5 Å². The normalized spacial score (nSPS) is 13.3. The Hall–Kier alpha value is -6.08. The van der Waals surface area contributed by atoms with Gasteiger partial charge in [0.05, 0.1) is 32.8 Å². The first-order chi connectivity index (χ1) is 21.2. The summed E-state index contributed by atoms with van der Waals surface area (Å²) in [6.07, 6.45) is 0. The van der Waals surface area contributed by atoms with Gasteiger partial charge in [0.15, 0.2) is 0 Å². The second-order valence-corrected chi connectivity index (χ2v) is 11.6. The van der Waals surface area contributed by atoms with E-state index in [1.807, 2.05) is 60.7 Å². The summed E-state index contributed by atoms with van der Waals surface area (Å²) in [5, 5.41) is 10.8. The summed E-state index contributed by atoms with van der Waals surface area (Å²) in [5.41, 5.74) is 5.50. The van der Waals surface area contributed by atoms with Crippen molar-refractivity contribution >= 4 is 109 Å². The van der Waals surface area contributed by atoms with E-state index in [2.05, 4.69) is 24.3 Å². The van der Waals surface area contributed by atoms with Crippen LogP contribution in [0.4, 0.5) is 0 Å². The zero-order valence-electron chi connectivity index (χ0n) is 22.1. The number of fused-ring (bicyclic) bond motifs is 9. The van der Waals surface area contributed by atoms with Gasteiger partial charge < -0.3 is 4.42 Å². The highest BCUT2D eigenvalue weighted by atomic mass is 16.3. The fourth-order valence-electron chi connectivity index (χ4n) is 8.08. The topological polar surface area (TPSA) is 81.9 Å². The summed E-state index contributed by atoms with van der Waals surface area (Å²) in [4.78, 5) is 38.2. The van der Waals surface area contributed by atoms with E-state index >= 15 is 0 Å². The molecule has 7 nitrogen and oxygen atoms in total. The molecular weight excluding hydrogens is 536 g/mol. The molecule has 0 atom stereocenters. The van der Waals surface area contributed by atoms with Crippen molar-refractivity contribution in [1.29, 1.82) is 0 Å². The van der Waals surface area contributed by atoms with E-state index in [9.17, 15) is 9.59 Å². The van der Waals surface area contributed by atoms with E-state index in [1.165, 1.54) is 0 Å². The first-order valence-electron chi connectivity index (χ1n) is 14.2. The van der Waals surface area contributed by atoms with Gasteiger partial charge in [0.2, 0.25) is 0 Å². The average molecular weight is 551 g/mol. The predicted molar refractivity (Wildman–Crippen MR) is 171 cm³/mol. The molecule has 5 aromatic heterocycles. The number of rotatable bonds is 0. The number of furan rings is 1. The number of imidazole rings is 2. The van der Waals surface area contributed by atoms with Gasteiger partial charge in [-0.2, -0.15) is 0 Å². The standard InChI is InChI=1S/C36H14N4O3/c41-35-19-13-25-31-29-15(9-11-17(27(19)29)33-37-21-5-1-3-7-23(21)39(33)35)16-10-12-18-28-20(14-26(43-25)32(31)30(16)28)36(42)40-24-8-4-2-6-22(24)38-34(18)40/h1-14H. The molecule has 0 aliphatic carbocycles. The Morgan fingerprint density at radius 1 is 0.465 bits per heavy atom. The Kier molecular flexibility index (Phi) is 3.07. The zero-order chi connectivity index (χ0) is 27.9. The van der Waals surface area contributed by atoms with Gasteiger partial charge in [-0.1, -0.05) is 36.4 Å². The molecule has 0 N–H and O–H groups in total. The molecule has 0 amide bonds. The highest BCUT2D eigenvalue weighted by Crippen LogP contribution is 2.50. The van der Waals surface area contributed by atoms with Crippen molar-refractivity contribution in [2.45, 2.75) is 0 Å². The molecule has 0 radical (unpaired) electrons. The van der Waals surface area contributed by atoms with Crippen LogP contribution in [0, 0.1) is 0 Å². The predicted octanol–water partition coefficient (Wildman–Crippen LogP) is 7.43. The third-order valence-electron chi connectivity index (χ3n) is 9.72. The summed E-state index contributed by atoms with van der Waals surface area (Å²) in [5.74, 6) is 0. The van der Waals surface area contributed by atoms with Crippen LogP contribution in [0.25, 0.3) is 109 Å². The van der Waals surface area contributed by atoms with Gasteiger partial charge in [0.25, 0.3) is 11.1 Å². The molecule has 12 aromatic rings. The minimum atomic E-state index is -0.118. The van der Waals surface area contributed by atoms with Crippen LogP contribution >= 0.6 is 0 Å². The molecule has 5 heterocycles. The molecule has 196 valence electrons. The maximum absolute atomic E-state index is 14.2. The monoisotopic (exact) mass is 550 g/mol. The summed E-state index contributed by atoms with van der Waals surface area (Å²) in [7, 11) is 0. The largest absolute Gasteiger partial charge is 0.456 e. The highest BCUT2D eigenvalue weighted by molar-refractivity contribution is 6.45. The van der Waals surface area contributed by atoms with Crippen LogP contribution in [0.3, 0.4) is 0 Å². The lowest BCUT2D eigenvalue weighted by Crippen LogP contribution is -2.14. The number of aromatic nitrogens is 4. The van der Waals surface area contributed by atoms with Crippen molar-refractivity contribution in [2.75, 3.05) is 0 Å². The number of benzene rings is 7. The van der Waals surface area contributed by atoms with Crippen molar-refractivity contribution in [3.8, 4) is 0 Å². The highest BCUT2D eigenvalue weighted by Gasteiger charge is 2.28. The molecule has 0 fully saturated rings. The van der Waals surface area contributed by atoms with Gasteiger partial charge in [-0.25, -0.2) is 9.97 Å².